The van der Waals surface area contributed by atoms with Crippen LogP contribution in [-0.4, -0.2) is 50.4 Å². The van der Waals surface area contributed by atoms with Gasteiger partial charge in [0.25, 0.3) is 5.96 Å². The summed E-state index contributed by atoms with van der Waals surface area (Å²) in [6, 6.07) is 0. The van der Waals surface area contributed by atoms with Gasteiger partial charge in [0, 0.05) is 6.54 Å². The fourth-order valence-electron chi connectivity index (χ4n) is 1.67. The van der Waals surface area contributed by atoms with Gasteiger partial charge in [0.1, 0.15) is 0 Å². The Morgan fingerprint density at radius 3 is 2.48 bits per heavy atom. The lowest BCUT2D eigenvalue weighted by atomic mass is 10.2. The first-order valence-electron chi connectivity index (χ1n) is 7.17. The molecule has 0 amide bonds. The minimum Gasteiger partial charge on any atom is -0.370 e. The lowest BCUT2D eigenvalue weighted by Gasteiger charge is -2.21. The predicted molar refractivity (Wildman–Crippen MR) is 91.8 cm³/mol. The van der Waals surface area contributed by atoms with E-state index in [4.69, 9.17) is 28.7 Å². The van der Waals surface area contributed by atoms with E-state index in [1.807, 2.05) is 0 Å². The maximum absolute atomic E-state index is 11.4. The summed E-state index contributed by atoms with van der Waals surface area (Å²) in [5.41, 5.74) is 26.7. The van der Waals surface area contributed by atoms with Gasteiger partial charge in [-0.25, -0.2) is 9.35 Å². The van der Waals surface area contributed by atoms with Gasteiger partial charge < -0.3 is 28.7 Å². The van der Waals surface area contributed by atoms with Gasteiger partial charge in [-0.05, 0) is 18.0 Å². The predicted octanol–water partition coefficient (Wildman–Crippen LogP) is -2.81. The molecule has 0 aromatic heterocycles. The number of oxime groups is 1. The zero-order valence-corrected chi connectivity index (χ0v) is 14.2. The fraction of sp³-hybridized carbons (Fsp3) is 0.600. The Balaban J connectivity index is 2.37. The molecule has 25 heavy (non-hydrogen) atoms. The molecule has 15 heteroatoms. The minimum atomic E-state index is -4.40. The van der Waals surface area contributed by atoms with Gasteiger partial charge in [-0.2, -0.15) is 18.4 Å². The largest absolute Gasteiger partial charge is 0.491 e. The van der Waals surface area contributed by atoms with E-state index in [0.29, 0.717) is 13.0 Å². The number of guanidine groups is 4. The number of aliphatic imine (C=N–C) groups is 3. The minimum absolute atomic E-state index is 0.0162. The highest BCUT2D eigenvalue weighted by atomic mass is 32.3. The Morgan fingerprint density at radius 2 is 1.80 bits per heavy atom. The molecule has 0 saturated heterocycles. The molecule has 14 nitrogen and oxygen atoms in total. The average Bonchev–Trinajstić information content (AvgIpc) is 2.49. The molecule has 0 fully saturated rings. The first-order valence-corrected chi connectivity index (χ1v) is 8.51. The topological polar surface area (TPSA) is 235 Å². The van der Waals surface area contributed by atoms with Crippen LogP contribution in [0.25, 0.3) is 0 Å². The third kappa shape index (κ3) is 8.56. The molecule has 10 N–H and O–H groups in total. The van der Waals surface area contributed by atoms with Gasteiger partial charge in [0.05, 0.1) is 6.54 Å². The van der Waals surface area contributed by atoms with Gasteiger partial charge in [-0.1, -0.05) is 12.8 Å². The highest BCUT2D eigenvalue weighted by Crippen LogP contribution is 2.08. The van der Waals surface area contributed by atoms with Crippen molar-refractivity contribution in [1.82, 2.24) is 5.06 Å². The van der Waals surface area contributed by atoms with Crippen LogP contribution < -0.4 is 28.7 Å². The van der Waals surface area contributed by atoms with E-state index in [-0.39, 0.29) is 24.4 Å². The molecule has 0 bridgehead atoms. The Hall–Kier alpha value is -2.81. The van der Waals surface area contributed by atoms with E-state index in [0.717, 1.165) is 24.3 Å². The van der Waals surface area contributed by atoms with Crippen LogP contribution in [0.5, 0.6) is 0 Å². The van der Waals surface area contributed by atoms with Gasteiger partial charge in [0.15, 0.2) is 5.96 Å². The highest BCUT2D eigenvalue weighted by molar-refractivity contribution is 7.81. The number of rotatable bonds is 7. The summed E-state index contributed by atoms with van der Waals surface area (Å²) >= 11 is 0. The van der Waals surface area contributed by atoms with Crippen LogP contribution in [0.1, 0.15) is 25.7 Å². The second-order valence-electron chi connectivity index (χ2n) is 4.77. The van der Waals surface area contributed by atoms with Crippen molar-refractivity contribution in [2.24, 2.45) is 48.8 Å². The van der Waals surface area contributed by atoms with Crippen LogP contribution in [0, 0.1) is 0 Å². The number of hydroxylamine groups is 2. The molecule has 0 radical (unpaired) electrons. The number of unbranched alkanes of at least 4 members (excludes halogenated alkanes) is 3. The molecule has 1 aliphatic heterocycles. The first-order chi connectivity index (χ1) is 11.7. The van der Waals surface area contributed by atoms with Crippen molar-refractivity contribution in [3.05, 3.63) is 0 Å². The molecule has 1 rings (SSSR count). The highest BCUT2D eigenvalue weighted by Gasteiger charge is 2.24. The van der Waals surface area contributed by atoms with Crippen molar-refractivity contribution in [3.8, 4) is 0 Å². The average molecular weight is 378 g/mol. The molecule has 0 unspecified atom stereocenters. The standard InChI is InChI=1S/C10H22N10O4S/c11-7(12)17-8(13)16-5-3-1-2-4-6-20-10(15)18-9(14)19-23-25(21,22)24-20/h1-6H2,(H4,14,15,18,19)(H6,11,12,13,16,17). The second-order valence-corrected chi connectivity index (χ2v) is 5.88. The number of nitrogens with zero attached hydrogens (tertiary/aromatic N) is 5. The molecule has 1 aliphatic rings. The third-order valence-electron chi connectivity index (χ3n) is 2.67. The summed E-state index contributed by atoms with van der Waals surface area (Å²) in [7, 11) is -4.40. The van der Waals surface area contributed by atoms with Crippen molar-refractivity contribution in [2.45, 2.75) is 25.7 Å². The second kappa shape index (κ2) is 9.48. The number of nitrogens with two attached hydrogens (primary N) is 5. The Kier molecular flexibility index (Phi) is 7.67. The summed E-state index contributed by atoms with van der Waals surface area (Å²) in [5.74, 6) is -0.825. The Bertz CT molecular complexity index is 667. The van der Waals surface area contributed by atoms with Crippen molar-refractivity contribution >= 4 is 34.2 Å². The van der Waals surface area contributed by atoms with E-state index in [1.54, 1.807) is 0 Å². The van der Waals surface area contributed by atoms with Crippen molar-refractivity contribution in [2.75, 3.05) is 13.1 Å². The van der Waals surface area contributed by atoms with Crippen molar-refractivity contribution < 1.29 is 17.0 Å². The lowest BCUT2D eigenvalue weighted by Crippen LogP contribution is -2.42. The summed E-state index contributed by atoms with van der Waals surface area (Å²) in [4.78, 5) is 11.2. The van der Waals surface area contributed by atoms with Crippen LogP contribution in [0.3, 0.4) is 0 Å². The summed E-state index contributed by atoms with van der Waals surface area (Å²) in [5, 5.41) is 3.89. The zero-order chi connectivity index (χ0) is 18.9. The van der Waals surface area contributed by atoms with Gasteiger partial charge in [0.2, 0.25) is 11.9 Å². The van der Waals surface area contributed by atoms with Crippen LogP contribution in [0.15, 0.2) is 20.1 Å². The summed E-state index contributed by atoms with van der Waals surface area (Å²) in [6.45, 7) is 0.617. The summed E-state index contributed by atoms with van der Waals surface area (Å²) < 4.78 is 31.6. The van der Waals surface area contributed by atoms with Crippen LogP contribution in [0.2, 0.25) is 0 Å². The molecule has 142 valence electrons. The molecule has 0 aromatic carbocycles. The molecule has 1 heterocycles. The molecule has 0 aromatic rings. The normalized spacial score (nSPS) is 21.8. The SMILES string of the molecule is NC(N)=NC(N)=NCCCCCCN1OS(=O)(=O)O/N=C(N)\N=C/1N. The van der Waals surface area contributed by atoms with E-state index >= 15 is 0 Å². The van der Waals surface area contributed by atoms with Crippen LogP contribution in [-0.2, 0) is 19.0 Å². The van der Waals surface area contributed by atoms with Crippen molar-refractivity contribution in [1.29, 1.82) is 0 Å². The number of hydrogen-bond acceptors (Lipinski definition) is 10. The maximum Gasteiger partial charge on any atom is 0.491 e. The van der Waals surface area contributed by atoms with E-state index in [2.05, 4.69) is 28.7 Å². The van der Waals surface area contributed by atoms with Crippen LogP contribution in [0.4, 0.5) is 0 Å². The fourth-order valence-corrected chi connectivity index (χ4v) is 2.24. The monoisotopic (exact) mass is 378 g/mol. The van der Waals surface area contributed by atoms with Gasteiger partial charge >= 0.3 is 10.4 Å². The van der Waals surface area contributed by atoms with Crippen molar-refractivity contribution in [3.63, 3.8) is 0 Å². The van der Waals surface area contributed by atoms with E-state index in [1.165, 1.54) is 0 Å². The van der Waals surface area contributed by atoms with E-state index in [9.17, 15) is 8.42 Å². The molecule has 0 atom stereocenters. The maximum atomic E-state index is 11.4. The molecule has 0 spiro atoms. The summed E-state index contributed by atoms with van der Waals surface area (Å²) in [6.07, 6.45) is 2.85. The zero-order valence-electron chi connectivity index (χ0n) is 13.4. The Morgan fingerprint density at radius 1 is 1.12 bits per heavy atom. The Labute approximate surface area is 144 Å². The smallest absolute Gasteiger partial charge is 0.370 e. The lowest BCUT2D eigenvalue weighted by molar-refractivity contribution is 0.00257. The quantitative estimate of drug-likeness (QED) is 0.173. The molecule has 0 aliphatic carbocycles. The molecular weight excluding hydrogens is 356 g/mol. The molecule has 0 saturated carbocycles. The van der Waals surface area contributed by atoms with Gasteiger partial charge in [-0.15, -0.1) is 4.28 Å². The number of hydrogen-bond donors (Lipinski definition) is 5. The molecular formula is C10H22N10O4S. The first kappa shape index (κ1) is 20.2. The van der Waals surface area contributed by atoms with Gasteiger partial charge in [-0.3, -0.25) is 4.99 Å². The third-order valence-corrected chi connectivity index (χ3v) is 3.29. The van der Waals surface area contributed by atoms with Crippen LogP contribution >= 0.6 is 0 Å². The van der Waals surface area contributed by atoms with E-state index < -0.39 is 16.4 Å².